The van der Waals surface area contributed by atoms with Crippen molar-refractivity contribution >= 4 is 23.7 Å². The number of aromatic hydroxyl groups is 1. The minimum atomic E-state index is -2.01. The van der Waals surface area contributed by atoms with Gasteiger partial charge >= 0.3 is 5.97 Å². The zero-order valence-electron chi connectivity index (χ0n) is 19.6. The molecule has 1 rings (SSSR count). The predicted octanol–water partition coefficient (Wildman–Crippen LogP) is -0.581. The van der Waals surface area contributed by atoms with Crippen molar-refractivity contribution in [1.29, 1.82) is 0 Å². The zero-order chi connectivity index (χ0) is 25.5. The van der Waals surface area contributed by atoms with E-state index in [0.29, 0.717) is 0 Å². The molecular formula is C22H35N5O6. The third kappa shape index (κ3) is 8.35. The molecule has 4 atom stereocenters. The quantitative estimate of drug-likeness (QED) is 0.211. The van der Waals surface area contributed by atoms with Crippen molar-refractivity contribution < 1.29 is 29.4 Å². The SMILES string of the molecule is CC(C)[C@H](NC(=O)[C@H](N)Cc1ccc(O)cc1)C(=O)N[C@H](C(=O)N[C@@](C)(N)C(=O)O)C(C)C. The summed E-state index contributed by atoms with van der Waals surface area (Å²) in [6, 6.07) is 3.24. The number of carbonyl (C=O) groups is 4. The Bertz CT molecular complexity index is 853. The smallest absolute Gasteiger partial charge is 0.344 e. The minimum absolute atomic E-state index is 0.0929. The lowest BCUT2D eigenvalue weighted by Gasteiger charge is -2.30. The fourth-order valence-electron chi connectivity index (χ4n) is 2.94. The number of carbonyl (C=O) groups excluding carboxylic acids is 3. The van der Waals surface area contributed by atoms with Crippen molar-refractivity contribution in [2.75, 3.05) is 0 Å². The fraction of sp³-hybridized carbons (Fsp3) is 0.545. The highest BCUT2D eigenvalue weighted by Gasteiger charge is 2.36. The first-order chi connectivity index (χ1) is 15.2. The van der Waals surface area contributed by atoms with Crippen LogP contribution in [0.2, 0.25) is 0 Å². The highest BCUT2D eigenvalue weighted by atomic mass is 16.4. The van der Waals surface area contributed by atoms with Crippen molar-refractivity contribution in [1.82, 2.24) is 16.0 Å². The molecule has 0 aliphatic carbocycles. The van der Waals surface area contributed by atoms with Crippen LogP contribution in [0.5, 0.6) is 5.75 Å². The molecule has 0 spiro atoms. The van der Waals surface area contributed by atoms with Gasteiger partial charge in [-0.3, -0.25) is 20.1 Å². The molecule has 0 aliphatic heterocycles. The maximum Gasteiger partial charge on any atom is 0.344 e. The number of phenolic OH excluding ortho intramolecular Hbond substituents is 1. The van der Waals surface area contributed by atoms with Crippen LogP contribution in [0.15, 0.2) is 24.3 Å². The molecule has 1 aromatic rings. The van der Waals surface area contributed by atoms with E-state index in [-0.39, 0.29) is 24.0 Å². The predicted molar refractivity (Wildman–Crippen MR) is 122 cm³/mol. The molecule has 1 aromatic carbocycles. The van der Waals surface area contributed by atoms with Gasteiger partial charge in [-0.25, -0.2) is 4.79 Å². The number of hydrogen-bond donors (Lipinski definition) is 7. The van der Waals surface area contributed by atoms with E-state index in [4.69, 9.17) is 16.6 Å². The second kappa shape index (κ2) is 11.6. The monoisotopic (exact) mass is 465 g/mol. The fourth-order valence-corrected chi connectivity index (χ4v) is 2.94. The van der Waals surface area contributed by atoms with Gasteiger partial charge in [-0.2, -0.15) is 0 Å². The van der Waals surface area contributed by atoms with Crippen LogP contribution in [-0.4, -0.2) is 57.7 Å². The van der Waals surface area contributed by atoms with Crippen molar-refractivity contribution in [2.24, 2.45) is 23.3 Å². The van der Waals surface area contributed by atoms with E-state index >= 15 is 0 Å². The molecule has 11 heteroatoms. The largest absolute Gasteiger partial charge is 0.508 e. The van der Waals surface area contributed by atoms with Gasteiger partial charge in [0.05, 0.1) is 6.04 Å². The van der Waals surface area contributed by atoms with Crippen LogP contribution >= 0.6 is 0 Å². The zero-order valence-corrected chi connectivity index (χ0v) is 19.6. The Hall–Kier alpha value is -3.18. The maximum absolute atomic E-state index is 12.9. The maximum atomic E-state index is 12.9. The van der Waals surface area contributed by atoms with Gasteiger partial charge in [-0.15, -0.1) is 0 Å². The number of nitrogens with one attached hydrogen (secondary N) is 3. The number of nitrogens with two attached hydrogens (primary N) is 2. The molecule has 33 heavy (non-hydrogen) atoms. The average Bonchev–Trinajstić information content (AvgIpc) is 2.70. The second-order valence-corrected chi connectivity index (χ2v) is 8.93. The molecule has 0 saturated heterocycles. The van der Waals surface area contributed by atoms with E-state index < -0.39 is 47.5 Å². The van der Waals surface area contributed by atoms with Gasteiger partial charge in [-0.05, 0) is 42.9 Å². The van der Waals surface area contributed by atoms with E-state index in [0.717, 1.165) is 12.5 Å². The molecule has 0 unspecified atom stereocenters. The Morgan fingerprint density at radius 2 is 1.36 bits per heavy atom. The Morgan fingerprint density at radius 1 is 0.909 bits per heavy atom. The summed E-state index contributed by atoms with van der Waals surface area (Å²) in [5, 5.41) is 25.9. The number of carboxylic acid groups (broad SMARTS) is 1. The Morgan fingerprint density at radius 3 is 1.82 bits per heavy atom. The topological polar surface area (TPSA) is 197 Å². The minimum Gasteiger partial charge on any atom is -0.508 e. The highest BCUT2D eigenvalue weighted by Crippen LogP contribution is 2.12. The molecule has 0 aromatic heterocycles. The van der Waals surface area contributed by atoms with Crippen LogP contribution in [-0.2, 0) is 25.6 Å². The molecule has 0 fully saturated rings. The Labute approximate surface area is 193 Å². The van der Waals surface area contributed by atoms with Crippen molar-refractivity contribution in [3.8, 4) is 5.75 Å². The number of hydrogen-bond acceptors (Lipinski definition) is 7. The Kier molecular flexibility index (Phi) is 9.80. The van der Waals surface area contributed by atoms with Crippen molar-refractivity contribution in [3.63, 3.8) is 0 Å². The van der Waals surface area contributed by atoms with Gasteiger partial charge in [-0.1, -0.05) is 39.8 Å². The average molecular weight is 466 g/mol. The molecule has 0 aliphatic rings. The first kappa shape index (κ1) is 27.9. The van der Waals surface area contributed by atoms with E-state index in [1.165, 1.54) is 12.1 Å². The standard InChI is InChI=1S/C22H35N5O6/c1-11(2)16(25-18(29)15(23)10-13-6-8-14(28)9-7-13)19(30)26-17(12(3)4)20(31)27-22(5,24)21(32)33/h6-9,11-12,15-17,28H,10,23-24H2,1-5H3,(H,25,29)(H,26,30)(H,27,31)(H,32,33)/t15-,16+,17+,22-/m1/s1. The third-order valence-corrected chi connectivity index (χ3v) is 5.05. The molecule has 0 radical (unpaired) electrons. The van der Waals surface area contributed by atoms with E-state index in [2.05, 4.69) is 16.0 Å². The van der Waals surface area contributed by atoms with Crippen LogP contribution in [0.25, 0.3) is 0 Å². The summed E-state index contributed by atoms with van der Waals surface area (Å²) in [5.74, 6) is -3.98. The first-order valence-corrected chi connectivity index (χ1v) is 10.6. The summed E-state index contributed by atoms with van der Waals surface area (Å²) in [4.78, 5) is 49.4. The van der Waals surface area contributed by atoms with E-state index in [9.17, 15) is 24.3 Å². The summed E-state index contributed by atoms with van der Waals surface area (Å²) in [6.07, 6.45) is 0.194. The van der Waals surface area contributed by atoms with Crippen LogP contribution < -0.4 is 27.4 Å². The van der Waals surface area contributed by atoms with Crippen LogP contribution in [0.3, 0.4) is 0 Å². The molecular weight excluding hydrogens is 430 g/mol. The normalized spacial score (nSPS) is 15.8. The van der Waals surface area contributed by atoms with Crippen LogP contribution in [0.1, 0.15) is 40.2 Å². The number of aliphatic carboxylic acids is 1. The van der Waals surface area contributed by atoms with E-state index in [1.54, 1.807) is 39.8 Å². The highest BCUT2D eigenvalue weighted by molar-refractivity contribution is 5.94. The first-order valence-electron chi connectivity index (χ1n) is 10.6. The lowest BCUT2D eigenvalue weighted by molar-refractivity contribution is -0.147. The number of rotatable bonds is 11. The molecule has 0 bridgehead atoms. The van der Waals surface area contributed by atoms with E-state index in [1.807, 2.05) is 0 Å². The molecule has 3 amide bonds. The summed E-state index contributed by atoms with van der Waals surface area (Å²) in [6.45, 7) is 7.92. The summed E-state index contributed by atoms with van der Waals surface area (Å²) >= 11 is 0. The van der Waals surface area contributed by atoms with Crippen molar-refractivity contribution in [2.45, 2.75) is 64.8 Å². The third-order valence-electron chi connectivity index (χ3n) is 5.05. The number of phenols is 1. The van der Waals surface area contributed by atoms with Crippen molar-refractivity contribution in [3.05, 3.63) is 29.8 Å². The molecule has 11 nitrogen and oxygen atoms in total. The van der Waals surface area contributed by atoms with Gasteiger partial charge in [0.2, 0.25) is 17.7 Å². The van der Waals surface area contributed by atoms with Crippen LogP contribution in [0, 0.1) is 11.8 Å². The number of benzene rings is 1. The molecule has 0 saturated carbocycles. The van der Waals surface area contributed by atoms with Gasteiger partial charge in [0.1, 0.15) is 17.8 Å². The second-order valence-electron chi connectivity index (χ2n) is 8.93. The molecule has 184 valence electrons. The molecule has 9 N–H and O–H groups in total. The summed E-state index contributed by atoms with van der Waals surface area (Å²) in [7, 11) is 0. The lowest BCUT2D eigenvalue weighted by Crippen LogP contribution is -2.65. The van der Waals surface area contributed by atoms with Gasteiger partial charge in [0.25, 0.3) is 0 Å². The van der Waals surface area contributed by atoms with Crippen LogP contribution in [0.4, 0.5) is 0 Å². The van der Waals surface area contributed by atoms with Gasteiger partial charge < -0.3 is 31.9 Å². The number of carboxylic acids is 1. The Balaban J connectivity index is 2.88. The summed E-state index contributed by atoms with van der Waals surface area (Å²) < 4.78 is 0. The summed E-state index contributed by atoms with van der Waals surface area (Å²) in [5.41, 5.74) is 10.3. The van der Waals surface area contributed by atoms with Gasteiger partial charge in [0.15, 0.2) is 5.66 Å². The molecule has 0 heterocycles. The lowest BCUT2D eigenvalue weighted by atomic mass is 9.98. The van der Waals surface area contributed by atoms with Gasteiger partial charge in [0, 0.05) is 0 Å². The number of amides is 3.